The molecule has 0 unspecified atom stereocenters. The molecule has 0 atom stereocenters. The molecule has 0 N–H and O–H groups in total. The van der Waals surface area contributed by atoms with E-state index in [1.165, 1.54) is 0 Å². The Morgan fingerprint density at radius 3 is 2.06 bits per heavy atom. The number of hydrogen-bond donors (Lipinski definition) is 0. The smallest absolute Gasteiger partial charge is 0.163 e. The van der Waals surface area contributed by atoms with Crippen molar-refractivity contribution in [1.82, 2.24) is 9.97 Å². The zero-order valence-corrected chi connectivity index (χ0v) is 11.5. The lowest BCUT2D eigenvalue weighted by molar-refractivity contribution is 0.0114. The second-order valence-electron chi connectivity index (χ2n) is 4.07. The fourth-order valence-electron chi connectivity index (χ4n) is 1.25. The normalized spacial score (nSPS) is 11.9. The SMILES string of the molecule is CCCc1c(Cl)nc(C(C)(C)OC)nc1Cl. The Labute approximate surface area is 106 Å². The summed E-state index contributed by atoms with van der Waals surface area (Å²) in [6, 6.07) is 0. The third kappa shape index (κ3) is 2.84. The standard InChI is InChI=1S/C11H16Cl2N2O/c1-5-6-7-8(12)14-10(15-9(7)13)11(2,3)16-4/h5-6H2,1-4H3. The van der Waals surface area contributed by atoms with Crippen LogP contribution in [0.5, 0.6) is 0 Å². The Bertz CT molecular complexity index is 357. The highest BCUT2D eigenvalue weighted by Gasteiger charge is 2.25. The van der Waals surface area contributed by atoms with Gasteiger partial charge in [0.15, 0.2) is 5.82 Å². The molecular formula is C11H16Cl2N2O. The largest absolute Gasteiger partial charge is 0.371 e. The van der Waals surface area contributed by atoms with Gasteiger partial charge in [-0.05, 0) is 20.3 Å². The van der Waals surface area contributed by atoms with Gasteiger partial charge in [-0.2, -0.15) is 0 Å². The van der Waals surface area contributed by atoms with Crippen LogP contribution in [0.15, 0.2) is 0 Å². The molecule has 0 aliphatic carbocycles. The number of aromatic nitrogens is 2. The van der Waals surface area contributed by atoms with Crippen LogP contribution in [0.2, 0.25) is 10.3 Å². The van der Waals surface area contributed by atoms with Gasteiger partial charge < -0.3 is 4.74 Å². The molecule has 0 saturated heterocycles. The highest BCUT2D eigenvalue weighted by molar-refractivity contribution is 6.34. The second-order valence-corrected chi connectivity index (χ2v) is 4.79. The van der Waals surface area contributed by atoms with Crippen molar-refractivity contribution in [3.05, 3.63) is 21.7 Å². The Morgan fingerprint density at radius 2 is 1.69 bits per heavy atom. The first-order valence-corrected chi connectivity index (χ1v) is 5.95. The predicted octanol–water partition coefficient (Wildman–Crippen LogP) is 3.62. The predicted molar refractivity (Wildman–Crippen MR) is 66.1 cm³/mol. The maximum absolute atomic E-state index is 6.09. The van der Waals surface area contributed by atoms with Gasteiger partial charge in [0.25, 0.3) is 0 Å². The van der Waals surface area contributed by atoms with Crippen molar-refractivity contribution in [3.8, 4) is 0 Å². The Balaban J connectivity index is 3.19. The van der Waals surface area contributed by atoms with Crippen LogP contribution < -0.4 is 0 Å². The molecule has 0 aliphatic rings. The molecule has 0 aromatic carbocycles. The molecule has 90 valence electrons. The number of hydrogen-bond acceptors (Lipinski definition) is 3. The van der Waals surface area contributed by atoms with E-state index < -0.39 is 5.60 Å². The van der Waals surface area contributed by atoms with Crippen LogP contribution in [0, 0.1) is 0 Å². The Kier molecular flexibility index (Phi) is 4.53. The number of nitrogens with zero attached hydrogens (tertiary/aromatic N) is 2. The van der Waals surface area contributed by atoms with E-state index in [-0.39, 0.29) is 0 Å². The van der Waals surface area contributed by atoms with Gasteiger partial charge in [0.05, 0.1) is 0 Å². The molecule has 0 aliphatic heterocycles. The zero-order valence-electron chi connectivity index (χ0n) is 9.97. The summed E-state index contributed by atoms with van der Waals surface area (Å²) < 4.78 is 5.29. The van der Waals surface area contributed by atoms with Gasteiger partial charge in [-0.3, -0.25) is 0 Å². The van der Waals surface area contributed by atoms with Crippen LogP contribution in [0.1, 0.15) is 38.6 Å². The Hall–Kier alpha value is -0.380. The minimum absolute atomic E-state index is 0.418. The summed E-state index contributed by atoms with van der Waals surface area (Å²) in [4.78, 5) is 8.48. The molecule has 0 radical (unpaired) electrons. The molecule has 0 saturated carbocycles. The fraction of sp³-hybridized carbons (Fsp3) is 0.636. The van der Waals surface area contributed by atoms with E-state index in [0.29, 0.717) is 16.1 Å². The van der Waals surface area contributed by atoms with Crippen LogP contribution in [0.4, 0.5) is 0 Å². The van der Waals surface area contributed by atoms with Crippen LogP contribution in [-0.4, -0.2) is 17.1 Å². The van der Waals surface area contributed by atoms with E-state index in [1.807, 2.05) is 13.8 Å². The monoisotopic (exact) mass is 262 g/mol. The van der Waals surface area contributed by atoms with Crippen LogP contribution >= 0.6 is 23.2 Å². The maximum Gasteiger partial charge on any atom is 0.163 e. The summed E-state index contributed by atoms with van der Waals surface area (Å²) in [5.74, 6) is 0.504. The number of rotatable bonds is 4. The molecule has 1 rings (SSSR count). The first-order valence-electron chi connectivity index (χ1n) is 5.20. The molecule has 5 heteroatoms. The summed E-state index contributed by atoms with van der Waals surface area (Å²) in [6.45, 7) is 5.79. The molecular weight excluding hydrogens is 247 g/mol. The minimum Gasteiger partial charge on any atom is -0.371 e. The molecule has 0 amide bonds. The lowest BCUT2D eigenvalue weighted by Crippen LogP contribution is -2.23. The van der Waals surface area contributed by atoms with Crippen molar-refractivity contribution in [2.45, 2.75) is 39.2 Å². The van der Waals surface area contributed by atoms with Gasteiger partial charge in [-0.25, -0.2) is 9.97 Å². The first kappa shape index (κ1) is 13.7. The lowest BCUT2D eigenvalue weighted by Gasteiger charge is -2.21. The molecule has 3 nitrogen and oxygen atoms in total. The fourth-order valence-corrected chi connectivity index (χ4v) is 1.82. The summed E-state index contributed by atoms with van der Waals surface area (Å²) in [6.07, 6.45) is 1.74. The highest BCUT2D eigenvalue weighted by atomic mass is 35.5. The lowest BCUT2D eigenvalue weighted by atomic mass is 10.1. The van der Waals surface area contributed by atoms with Gasteiger partial charge in [0, 0.05) is 12.7 Å². The topological polar surface area (TPSA) is 35.0 Å². The van der Waals surface area contributed by atoms with Crippen LogP contribution in [-0.2, 0) is 16.8 Å². The van der Waals surface area contributed by atoms with Gasteiger partial charge in [0.1, 0.15) is 15.9 Å². The van der Waals surface area contributed by atoms with Crippen molar-refractivity contribution in [2.24, 2.45) is 0 Å². The van der Waals surface area contributed by atoms with E-state index in [0.717, 1.165) is 18.4 Å². The molecule has 0 bridgehead atoms. The Morgan fingerprint density at radius 1 is 1.19 bits per heavy atom. The molecule has 1 aromatic rings. The van der Waals surface area contributed by atoms with Crippen molar-refractivity contribution in [1.29, 1.82) is 0 Å². The van der Waals surface area contributed by atoms with Gasteiger partial charge in [0.2, 0.25) is 0 Å². The van der Waals surface area contributed by atoms with Crippen molar-refractivity contribution < 1.29 is 4.74 Å². The van der Waals surface area contributed by atoms with E-state index in [2.05, 4.69) is 16.9 Å². The minimum atomic E-state index is -0.585. The van der Waals surface area contributed by atoms with E-state index in [4.69, 9.17) is 27.9 Å². The van der Waals surface area contributed by atoms with E-state index in [1.54, 1.807) is 7.11 Å². The number of ether oxygens (including phenoxy) is 1. The van der Waals surface area contributed by atoms with Crippen molar-refractivity contribution in [2.75, 3.05) is 7.11 Å². The third-order valence-corrected chi connectivity index (χ3v) is 3.08. The van der Waals surface area contributed by atoms with Gasteiger partial charge in [-0.15, -0.1) is 0 Å². The summed E-state index contributed by atoms with van der Waals surface area (Å²) in [5, 5.41) is 0.837. The molecule has 1 heterocycles. The number of halogens is 2. The van der Waals surface area contributed by atoms with Crippen LogP contribution in [0.25, 0.3) is 0 Å². The molecule has 16 heavy (non-hydrogen) atoms. The average molecular weight is 263 g/mol. The van der Waals surface area contributed by atoms with E-state index >= 15 is 0 Å². The summed E-state index contributed by atoms with van der Waals surface area (Å²) >= 11 is 12.2. The van der Waals surface area contributed by atoms with E-state index in [9.17, 15) is 0 Å². The average Bonchev–Trinajstić information content (AvgIpc) is 2.23. The van der Waals surface area contributed by atoms with Crippen molar-refractivity contribution in [3.63, 3.8) is 0 Å². The quantitative estimate of drug-likeness (QED) is 0.778. The van der Waals surface area contributed by atoms with Gasteiger partial charge >= 0.3 is 0 Å². The zero-order chi connectivity index (χ0) is 12.3. The maximum atomic E-state index is 6.09. The number of methoxy groups -OCH3 is 1. The van der Waals surface area contributed by atoms with Crippen LogP contribution in [0.3, 0.4) is 0 Å². The third-order valence-electron chi connectivity index (χ3n) is 2.45. The first-order chi connectivity index (χ1) is 7.42. The molecule has 0 fully saturated rings. The summed E-state index contributed by atoms with van der Waals surface area (Å²) in [7, 11) is 1.60. The van der Waals surface area contributed by atoms with Crippen molar-refractivity contribution >= 4 is 23.2 Å². The second kappa shape index (κ2) is 5.30. The molecule has 1 aromatic heterocycles. The molecule has 0 spiro atoms. The van der Waals surface area contributed by atoms with Gasteiger partial charge in [-0.1, -0.05) is 36.5 Å². The highest BCUT2D eigenvalue weighted by Crippen LogP contribution is 2.28. The summed E-state index contributed by atoms with van der Waals surface area (Å²) in [5.41, 5.74) is 0.222.